The number of nitro benzene ring substituents is 1. The molecule has 10 heteroatoms. The van der Waals surface area contributed by atoms with E-state index in [1.54, 1.807) is 23.1 Å². The molecule has 3 aromatic carbocycles. The summed E-state index contributed by atoms with van der Waals surface area (Å²) in [6.07, 6.45) is 5.34. The number of likely N-dealkylation sites (tertiary alicyclic amines) is 1. The molecule has 1 amide bonds. The summed E-state index contributed by atoms with van der Waals surface area (Å²) < 4.78 is 23.5. The average molecular weight is 576 g/mol. The van der Waals surface area contributed by atoms with Gasteiger partial charge in [-0.15, -0.1) is 0 Å². The summed E-state index contributed by atoms with van der Waals surface area (Å²) in [4.78, 5) is 28.5. The highest BCUT2D eigenvalue weighted by Crippen LogP contribution is 2.39. The van der Waals surface area contributed by atoms with Gasteiger partial charge in [-0.3, -0.25) is 14.9 Å². The maximum absolute atomic E-state index is 13.6. The maximum Gasteiger partial charge on any atom is 0.273 e. The Hall–Kier alpha value is -4.31. The number of carbonyl (C=O) groups excluding carboxylic acids is 1. The lowest BCUT2D eigenvalue weighted by molar-refractivity contribution is -0.384. The van der Waals surface area contributed by atoms with E-state index in [0.29, 0.717) is 48.1 Å². The largest absolute Gasteiger partial charge is 0.493 e. The van der Waals surface area contributed by atoms with Crippen molar-refractivity contribution in [2.75, 3.05) is 44.8 Å². The van der Waals surface area contributed by atoms with Crippen molar-refractivity contribution in [3.05, 3.63) is 76.3 Å². The molecule has 0 radical (unpaired) electrons. The zero-order valence-corrected chi connectivity index (χ0v) is 24.1. The molecular formula is C32H37N3O7. The predicted molar refractivity (Wildman–Crippen MR) is 159 cm³/mol. The number of non-ortho nitro benzene ring substituents is 1. The number of hydrogen-bond acceptors (Lipinski definition) is 8. The Morgan fingerprint density at radius 2 is 1.76 bits per heavy atom. The molecule has 0 N–H and O–H groups in total. The van der Waals surface area contributed by atoms with Crippen LogP contribution >= 0.6 is 0 Å². The minimum Gasteiger partial charge on any atom is -0.493 e. The Bertz CT molecular complexity index is 1390. The molecule has 0 atom stereocenters. The number of unbranched alkanes of at least 4 members (excludes halogenated alkanes) is 1. The van der Waals surface area contributed by atoms with Crippen molar-refractivity contribution < 1.29 is 28.7 Å². The van der Waals surface area contributed by atoms with Gasteiger partial charge in [0, 0.05) is 37.3 Å². The summed E-state index contributed by atoms with van der Waals surface area (Å²) in [5, 5.41) is 11.1. The van der Waals surface area contributed by atoms with Crippen molar-refractivity contribution in [2.24, 2.45) is 0 Å². The van der Waals surface area contributed by atoms with Crippen LogP contribution in [-0.4, -0.2) is 61.7 Å². The summed E-state index contributed by atoms with van der Waals surface area (Å²) in [5.74, 6) is 2.19. The minimum atomic E-state index is -0.493. The number of benzene rings is 3. The maximum atomic E-state index is 13.6. The van der Waals surface area contributed by atoms with Crippen LogP contribution in [-0.2, 0) is 0 Å². The van der Waals surface area contributed by atoms with Gasteiger partial charge in [0.25, 0.3) is 11.6 Å². The number of ether oxygens (including phenoxy) is 4. The van der Waals surface area contributed by atoms with Crippen molar-refractivity contribution in [3.8, 4) is 28.7 Å². The molecular weight excluding hydrogens is 538 g/mol. The number of nitrogens with zero attached hydrogens (tertiary/aromatic N) is 3. The third-order valence-electron chi connectivity index (χ3n) is 7.60. The van der Waals surface area contributed by atoms with Gasteiger partial charge in [-0.05, 0) is 74.7 Å². The fourth-order valence-electron chi connectivity index (χ4n) is 5.27. The van der Waals surface area contributed by atoms with Gasteiger partial charge in [0.2, 0.25) is 0 Å². The number of amides is 1. The van der Waals surface area contributed by atoms with Crippen LogP contribution in [0.2, 0.25) is 0 Å². The molecule has 10 nitrogen and oxygen atoms in total. The summed E-state index contributed by atoms with van der Waals surface area (Å²) >= 11 is 0. The molecule has 0 unspecified atom stereocenters. The number of hydrogen-bond donors (Lipinski definition) is 0. The second-order valence-electron chi connectivity index (χ2n) is 10.5. The number of methoxy groups -OCH3 is 1. The first-order chi connectivity index (χ1) is 20.4. The lowest BCUT2D eigenvalue weighted by Gasteiger charge is -2.32. The first-order valence-electron chi connectivity index (χ1n) is 14.5. The number of piperidine rings is 1. The van der Waals surface area contributed by atoms with Gasteiger partial charge >= 0.3 is 0 Å². The molecule has 5 rings (SSSR count). The van der Waals surface area contributed by atoms with E-state index in [1.807, 2.05) is 24.3 Å². The van der Waals surface area contributed by atoms with Crippen molar-refractivity contribution in [1.82, 2.24) is 4.90 Å². The minimum absolute atomic E-state index is 0.0960. The predicted octanol–water partition coefficient (Wildman–Crippen LogP) is 6.47. The summed E-state index contributed by atoms with van der Waals surface area (Å²) in [6, 6.07) is 16.8. The Balaban J connectivity index is 1.25. The molecule has 2 heterocycles. The zero-order chi connectivity index (χ0) is 29.5. The molecule has 0 spiro atoms. The number of rotatable bonds is 10. The molecule has 1 saturated heterocycles. The van der Waals surface area contributed by atoms with Gasteiger partial charge in [-0.2, -0.15) is 0 Å². The van der Waals surface area contributed by atoms with E-state index in [9.17, 15) is 14.9 Å². The fraction of sp³-hybridized carbons (Fsp3) is 0.406. The number of anilines is 1. The zero-order valence-electron chi connectivity index (χ0n) is 24.1. The lowest BCUT2D eigenvalue weighted by atomic mass is 10.1. The number of fused-ring (bicyclic) bond motifs is 1. The van der Waals surface area contributed by atoms with E-state index in [0.717, 1.165) is 38.2 Å². The van der Waals surface area contributed by atoms with Crippen LogP contribution in [0.25, 0.3) is 0 Å². The highest BCUT2D eigenvalue weighted by atomic mass is 16.6. The van der Waals surface area contributed by atoms with E-state index in [1.165, 1.54) is 38.2 Å². The Kier molecular flexibility index (Phi) is 9.43. The van der Waals surface area contributed by atoms with Gasteiger partial charge in [-0.1, -0.05) is 13.3 Å². The number of nitro groups is 1. The van der Waals surface area contributed by atoms with E-state index in [4.69, 9.17) is 18.9 Å². The Morgan fingerprint density at radius 1 is 1.00 bits per heavy atom. The van der Waals surface area contributed by atoms with Gasteiger partial charge in [0.1, 0.15) is 23.4 Å². The molecule has 0 bridgehead atoms. The third-order valence-corrected chi connectivity index (χ3v) is 7.60. The first-order valence-corrected chi connectivity index (χ1v) is 14.5. The molecule has 42 heavy (non-hydrogen) atoms. The normalized spacial score (nSPS) is 15.7. The van der Waals surface area contributed by atoms with E-state index in [-0.39, 0.29) is 23.4 Å². The highest BCUT2D eigenvalue weighted by Gasteiger charge is 2.25. The summed E-state index contributed by atoms with van der Waals surface area (Å²) in [7, 11) is 1.42. The van der Waals surface area contributed by atoms with Crippen LogP contribution in [0, 0.1) is 10.1 Å². The topological polar surface area (TPSA) is 104 Å². The van der Waals surface area contributed by atoms with Crippen molar-refractivity contribution in [3.63, 3.8) is 0 Å². The monoisotopic (exact) mass is 575 g/mol. The number of carbonyl (C=O) groups is 1. The van der Waals surface area contributed by atoms with Crippen molar-refractivity contribution >= 4 is 17.3 Å². The third kappa shape index (κ3) is 6.94. The van der Waals surface area contributed by atoms with Crippen LogP contribution in [0.5, 0.6) is 28.7 Å². The first kappa shape index (κ1) is 29.2. The molecule has 3 aromatic rings. The molecule has 0 aromatic heterocycles. The quantitative estimate of drug-likeness (QED) is 0.200. The lowest BCUT2D eigenvalue weighted by Crippen LogP contribution is -2.38. The Labute approximate surface area is 245 Å². The Morgan fingerprint density at radius 3 is 2.48 bits per heavy atom. The molecule has 0 saturated carbocycles. The van der Waals surface area contributed by atoms with Gasteiger partial charge < -0.3 is 28.7 Å². The standard InChI is InChI=1S/C32H37N3O7/c1-3-4-16-33-18-14-26(15-19-33)41-25-9-6-23(7-10-25)32(36)34-17-5-20-40-30-22-27(11-12-28(30)34)42-29-13-8-24(35(37)38)21-31(29)39-2/h6-13,21-22,26H,3-5,14-20H2,1-2H3. The van der Waals surface area contributed by atoms with E-state index in [2.05, 4.69) is 11.8 Å². The molecule has 1 fully saturated rings. The second kappa shape index (κ2) is 13.6. The van der Waals surface area contributed by atoms with Gasteiger partial charge in [0.05, 0.1) is 30.4 Å². The molecule has 222 valence electrons. The second-order valence-corrected chi connectivity index (χ2v) is 10.5. The van der Waals surface area contributed by atoms with Gasteiger partial charge in [-0.25, -0.2) is 0 Å². The summed E-state index contributed by atoms with van der Waals surface area (Å²) in [6.45, 7) is 6.46. The van der Waals surface area contributed by atoms with Crippen molar-refractivity contribution in [1.29, 1.82) is 0 Å². The molecule has 2 aliphatic heterocycles. The van der Waals surface area contributed by atoms with Crippen LogP contribution < -0.4 is 23.8 Å². The average Bonchev–Trinajstić information content (AvgIpc) is 3.23. The smallest absolute Gasteiger partial charge is 0.273 e. The van der Waals surface area contributed by atoms with Crippen molar-refractivity contribution in [2.45, 2.75) is 45.1 Å². The fourth-order valence-corrected chi connectivity index (χ4v) is 5.27. The highest BCUT2D eigenvalue weighted by molar-refractivity contribution is 6.07. The molecule has 0 aliphatic carbocycles. The SMILES string of the molecule is CCCCN1CCC(Oc2ccc(C(=O)N3CCCOc4cc(Oc5ccc([N+](=O)[O-])cc5OC)ccc43)cc2)CC1. The van der Waals surface area contributed by atoms with Gasteiger partial charge in [0.15, 0.2) is 11.5 Å². The van der Waals surface area contributed by atoms with Crippen LogP contribution in [0.3, 0.4) is 0 Å². The molecule has 2 aliphatic rings. The van der Waals surface area contributed by atoms with Crippen LogP contribution in [0.15, 0.2) is 60.7 Å². The summed E-state index contributed by atoms with van der Waals surface area (Å²) in [5.41, 5.74) is 1.12. The van der Waals surface area contributed by atoms with E-state index >= 15 is 0 Å². The van der Waals surface area contributed by atoms with Crippen LogP contribution in [0.4, 0.5) is 11.4 Å². The van der Waals surface area contributed by atoms with E-state index < -0.39 is 4.92 Å². The van der Waals surface area contributed by atoms with Crippen LogP contribution in [0.1, 0.15) is 49.4 Å².